The molecular weight excluding hydrogens is 356 g/mol. The number of sulfone groups is 1. The Balaban J connectivity index is 2.23. The van der Waals surface area contributed by atoms with Crippen molar-refractivity contribution in [3.05, 3.63) is 54.2 Å². The summed E-state index contributed by atoms with van der Waals surface area (Å²) in [6.45, 7) is 0. The molecule has 0 bridgehead atoms. The summed E-state index contributed by atoms with van der Waals surface area (Å²) in [5.41, 5.74) is 2.56. The predicted molar refractivity (Wildman–Crippen MR) is 96.4 cm³/mol. The van der Waals surface area contributed by atoms with Gasteiger partial charge in [0.05, 0.1) is 17.6 Å². The lowest BCUT2D eigenvalue weighted by Crippen LogP contribution is -2.04. The van der Waals surface area contributed by atoms with E-state index in [2.05, 4.69) is 16.2 Å². The number of pyridine rings is 1. The Kier molecular flexibility index (Phi) is 4.61. The van der Waals surface area contributed by atoms with Crippen LogP contribution in [0.15, 0.2) is 58.7 Å². The molecule has 0 atom stereocenters. The zero-order valence-electron chi connectivity index (χ0n) is 13.5. The lowest BCUT2D eigenvalue weighted by Gasteiger charge is -2.08. The van der Waals surface area contributed by atoms with Gasteiger partial charge in [-0.25, -0.2) is 18.1 Å². The minimum atomic E-state index is -3.37. The van der Waals surface area contributed by atoms with Crippen LogP contribution in [0.2, 0.25) is 0 Å². The molecule has 6 nitrogen and oxygen atoms in total. The second-order valence-electron chi connectivity index (χ2n) is 5.25. The highest BCUT2D eigenvalue weighted by Gasteiger charge is 2.20. The standard InChI is InChI=1S/C17H14N4O2S2/c1-24-17-14(10-18)16(12-6-4-3-5-7-12)21(20-17)13-8-9-15(19-11-13)25(2,22)23/h3-9,11H,1-2H3. The SMILES string of the molecule is CSc1nn(-c2ccc(S(C)(=O)=O)nc2)c(-c2ccccc2)c1C#N. The van der Waals surface area contributed by atoms with Crippen molar-refractivity contribution in [2.24, 2.45) is 0 Å². The zero-order valence-corrected chi connectivity index (χ0v) is 15.2. The number of hydrogen-bond donors (Lipinski definition) is 0. The first kappa shape index (κ1) is 17.2. The van der Waals surface area contributed by atoms with Crippen LogP contribution < -0.4 is 0 Å². The predicted octanol–water partition coefficient (Wildman–Crippen LogP) is 2.93. The molecule has 0 aliphatic rings. The summed E-state index contributed by atoms with van der Waals surface area (Å²) < 4.78 is 24.8. The van der Waals surface area contributed by atoms with Gasteiger partial charge in [-0.2, -0.15) is 10.4 Å². The van der Waals surface area contributed by atoms with Gasteiger partial charge in [0.2, 0.25) is 0 Å². The van der Waals surface area contributed by atoms with E-state index < -0.39 is 9.84 Å². The molecular formula is C17H14N4O2S2. The Labute approximate surface area is 150 Å². The Morgan fingerprint density at radius 3 is 2.40 bits per heavy atom. The van der Waals surface area contributed by atoms with Crippen molar-refractivity contribution in [3.8, 4) is 23.0 Å². The second kappa shape index (κ2) is 6.70. The van der Waals surface area contributed by atoms with Gasteiger partial charge in [-0.05, 0) is 18.4 Å². The maximum atomic E-state index is 11.6. The fourth-order valence-corrected chi connectivity index (χ4v) is 3.48. The quantitative estimate of drug-likeness (QED) is 0.656. The summed E-state index contributed by atoms with van der Waals surface area (Å²) in [7, 11) is -3.37. The van der Waals surface area contributed by atoms with Crippen LogP contribution in [0.5, 0.6) is 0 Å². The van der Waals surface area contributed by atoms with Crippen LogP contribution in [0.1, 0.15) is 5.56 Å². The normalized spacial score (nSPS) is 11.2. The van der Waals surface area contributed by atoms with Crippen LogP contribution in [0.25, 0.3) is 16.9 Å². The van der Waals surface area contributed by atoms with E-state index in [0.29, 0.717) is 22.0 Å². The van der Waals surface area contributed by atoms with Crippen molar-refractivity contribution in [2.75, 3.05) is 12.5 Å². The molecule has 0 saturated heterocycles. The smallest absolute Gasteiger partial charge is 0.192 e. The molecule has 126 valence electrons. The van der Waals surface area contributed by atoms with Crippen LogP contribution in [0, 0.1) is 11.3 Å². The van der Waals surface area contributed by atoms with Crippen molar-refractivity contribution in [3.63, 3.8) is 0 Å². The van der Waals surface area contributed by atoms with Crippen LogP contribution >= 0.6 is 11.8 Å². The summed E-state index contributed by atoms with van der Waals surface area (Å²) in [4.78, 5) is 4.01. The summed E-state index contributed by atoms with van der Waals surface area (Å²) in [6.07, 6.45) is 4.41. The molecule has 0 amide bonds. The number of nitriles is 1. The van der Waals surface area contributed by atoms with Crippen molar-refractivity contribution in [2.45, 2.75) is 10.1 Å². The third kappa shape index (κ3) is 3.29. The van der Waals surface area contributed by atoms with E-state index in [4.69, 9.17) is 0 Å². The molecule has 2 heterocycles. The third-order valence-corrected chi connectivity index (χ3v) is 5.22. The average Bonchev–Trinajstić information content (AvgIpc) is 3.00. The number of aromatic nitrogens is 3. The molecule has 3 aromatic rings. The molecule has 0 saturated carbocycles. The van der Waals surface area contributed by atoms with E-state index in [1.54, 1.807) is 10.7 Å². The molecule has 2 aromatic heterocycles. The van der Waals surface area contributed by atoms with Crippen molar-refractivity contribution >= 4 is 21.6 Å². The molecule has 0 aliphatic heterocycles. The lowest BCUT2D eigenvalue weighted by atomic mass is 10.1. The first-order valence-electron chi connectivity index (χ1n) is 7.24. The highest BCUT2D eigenvalue weighted by atomic mass is 32.2. The van der Waals surface area contributed by atoms with Gasteiger partial charge in [0.1, 0.15) is 16.7 Å². The van der Waals surface area contributed by atoms with Crippen LogP contribution in [-0.2, 0) is 9.84 Å². The van der Waals surface area contributed by atoms with Gasteiger partial charge in [0, 0.05) is 11.8 Å². The topological polar surface area (TPSA) is 88.6 Å². The minimum absolute atomic E-state index is 0.00439. The molecule has 0 aliphatic carbocycles. The van der Waals surface area contributed by atoms with Crippen LogP contribution in [0.3, 0.4) is 0 Å². The Morgan fingerprint density at radius 1 is 1.16 bits per heavy atom. The molecule has 0 unspecified atom stereocenters. The summed E-state index contributed by atoms with van der Waals surface area (Å²) >= 11 is 1.38. The average molecular weight is 370 g/mol. The fourth-order valence-electron chi connectivity index (χ4n) is 2.41. The molecule has 0 spiro atoms. The Hall–Kier alpha value is -2.63. The molecule has 8 heteroatoms. The number of thioether (sulfide) groups is 1. The summed E-state index contributed by atoms with van der Waals surface area (Å²) in [5.74, 6) is 0. The van der Waals surface area contributed by atoms with E-state index in [9.17, 15) is 13.7 Å². The summed E-state index contributed by atoms with van der Waals surface area (Å²) in [6, 6.07) is 14.8. The van der Waals surface area contributed by atoms with Crippen LogP contribution in [-0.4, -0.2) is 35.7 Å². The molecule has 0 radical (unpaired) electrons. The maximum Gasteiger partial charge on any atom is 0.192 e. The third-order valence-electron chi connectivity index (χ3n) is 3.55. The van der Waals surface area contributed by atoms with E-state index in [0.717, 1.165) is 11.8 Å². The Bertz CT molecular complexity index is 1050. The Morgan fingerprint density at radius 2 is 1.88 bits per heavy atom. The molecule has 3 rings (SSSR count). The first-order valence-corrected chi connectivity index (χ1v) is 10.4. The number of benzene rings is 1. The van der Waals surface area contributed by atoms with E-state index in [1.807, 2.05) is 36.6 Å². The van der Waals surface area contributed by atoms with E-state index >= 15 is 0 Å². The first-order chi connectivity index (χ1) is 12.0. The highest BCUT2D eigenvalue weighted by molar-refractivity contribution is 7.98. The molecule has 25 heavy (non-hydrogen) atoms. The van der Waals surface area contributed by atoms with Crippen LogP contribution in [0.4, 0.5) is 0 Å². The van der Waals surface area contributed by atoms with E-state index in [1.165, 1.54) is 24.0 Å². The van der Waals surface area contributed by atoms with Gasteiger partial charge in [-0.1, -0.05) is 30.3 Å². The number of rotatable bonds is 4. The van der Waals surface area contributed by atoms with Crippen molar-refractivity contribution in [1.82, 2.24) is 14.8 Å². The summed E-state index contributed by atoms with van der Waals surface area (Å²) in [5, 5.41) is 14.7. The highest BCUT2D eigenvalue weighted by Crippen LogP contribution is 2.32. The van der Waals surface area contributed by atoms with Gasteiger partial charge in [-0.3, -0.25) is 0 Å². The van der Waals surface area contributed by atoms with Gasteiger partial charge in [0.25, 0.3) is 0 Å². The molecule has 0 fully saturated rings. The van der Waals surface area contributed by atoms with Gasteiger partial charge in [0.15, 0.2) is 14.9 Å². The van der Waals surface area contributed by atoms with Gasteiger partial charge in [-0.15, -0.1) is 11.8 Å². The second-order valence-corrected chi connectivity index (χ2v) is 8.01. The maximum absolute atomic E-state index is 11.6. The zero-order chi connectivity index (χ0) is 18.0. The molecule has 0 N–H and O–H groups in total. The minimum Gasteiger partial charge on any atom is -0.242 e. The monoisotopic (exact) mass is 370 g/mol. The van der Waals surface area contributed by atoms with Crippen molar-refractivity contribution < 1.29 is 8.42 Å². The fraction of sp³-hybridized carbons (Fsp3) is 0.118. The largest absolute Gasteiger partial charge is 0.242 e. The molecule has 1 aromatic carbocycles. The van der Waals surface area contributed by atoms with Crippen molar-refractivity contribution in [1.29, 1.82) is 5.26 Å². The lowest BCUT2D eigenvalue weighted by molar-refractivity contribution is 0.598. The number of nitrogens with zero attached hydrogens (tertiary/aromatic N) is 4. The van der Waals surface area contributed by atoms with Gasteiger partial charge >= 0.3 is 0 Å². The van der Waals surface area contributed by atoms with E-state index in [-0.39, 0.29) is 5.03 Å². The van der Waals surface area contributed by atoms with Gasteiger partial charge < -0.3 is 0 Å². The number of hydrogen-bond acceptors (Lipinski definition) is 6.